The Balaban J connectivity index is 1.36. The van der Waals surface area contributed by atoms with Crippen molar-refractivity contribution in [3.05, 3.63) is 125 Å². The van der Waals surface area contributed by atoms with E-state index in [9.17, 15) is 8.78 Å². The molecule has 0 unspecified atom stereocenters. The molecule has 4 heteroatoms. The van der Waals surface area contributed by atoms with Gasteiger partial charge in [-0.3, -0.25) is 0 Å². The van der Waals surface area contributed by atoms with Gasteiger partial charge < -0.3 is 4.74 Å². The van der Waals surface area contributed by atoms with Crippen LogP contribution < -0.4 is 4.74 Å². The van der Waals surface area contributed by atoms with Gasteiger partial charge in [-0.05, 0) is 90.8 Å². The molecule has 36 heavy (non-hydrogen) atoms. The highest BCUT2D eigenvalue weighted by molar-refractivity contribution is 5.84. The lowest BCUT2D eigenvalue weighted by molar-refractivity contribution is -0.0498. The Bertz CT molecular complexity index is 1290. The van der Waals surface area contributed by atoms with Crippen LogP contribution in [-0.4, -0.2) is 6.61 Å². The highest BCUT2D eigenvalue weighted by Crippen LogP contribution is 2.25. The van der Waals surface area contributed by atoms with Crippen LogP contribution in [-0.2, 0) is 32.1 Å². The zero-order valence-electron chi connectivity index (χ0n) is 20.5. The summed E-state index contributed by atoms with van der Waals surface area (Å²) < 4.78 is 44.2. The molecular formula is C32H31F3O. The van der Waals surface area contributed by atoms with E-state index in [4.69, 9.17) is 0 Å². The minimum absolute atomic E-state index is 0.124. The third-order valence-corrected chi connectivity index (χ3v) is 6.49. The highest BCUT2D eigenvalue weighted by Gasteiger charge is 2.10. The van der Waals surface area contributed by atoms with E-state index in [1.54, 1.807) is 12.1 Å². The average molecular weight is 489 g/mol. The fraction of sp³-hybridized carbons (Fsp3) is 0.250. The maximum atomic E-state index is 15.2. The number of benzene rings is 4. The Morgan fingerprint density at radius 2 is 1.28 bits per heavy atom. The van der Waals surface area contributed by atoms with Crippen LogP contribution in [0.2, 0.25) is 0 Å². The van der Waals surface area contributed by atoms with Crippen LogP contribution in [0.5, 0.6) is 5.75 Å². The molecule has 4 aromatic rings. The molecule has 0 aromatic heterocycles. The van der Waals surface area contributed by atoms with Crippen molar-refractivity contribution in [2.75, 3.05) is 0 Å². The fourth-order valence-electron chi connectivity index (χ4n) is 4.43. The van der Waals surface area contributed by atoms with E-state index in [2.05, 4.69) is 47.2 Å². The molecule has 186 valence electrons. The van der Waals surface area contributed by atoms with Crippen molar-refractivity contribution in [2.45, 2.75) is 52.1 Å². The molecule has 4 aromatic carbocycles. The summed E-state index contributed by atoms with van der Waals surface area (Å²) in [5, 5.41) is 1.53. The van der Waals surface area contributed by atoms with Gasteiger partial charge in [0.2, 0.25) is 0 Å². The molecule has 0 saturated carbocycles. The Labute approximate surface area is 211 Å². The number of ether oxygens (including phenoxy) is 1. The molecule has 0 saturated heterocycles. The van der Waals surface area contributed by atoms with Crippen LogP contribution in [0.4, 0.5) is 13.2 Å². The van der Waals surface area contributed by atoms with E-state index in [1.165, 1.54) is 28.8 Å². The number of rotatable bonds is 11. The number of hydrogen-bond donors (Lipinski definition) is 0. The first-order valence-corrected chi connectivity index (χ1v) is 12.4. The van der Waals surface area contributed by atoms with Crippen molar-refractivity contribution in [3.63, 3.8) is 0 Å². The van der Waals surface area contributed by atoms with Crippen molar-refractivity contribution >= 4 is 10.8 Å². The Kier molecular flexibility index (Phi) is 8.83. The molecule has 0 spiro atoms. The maximum absolute atomic E-state index is 15.2. The minimum atomic E-state index is -2.84. The summed E-state index contributed by atoms with van der Waals surface area (Å²) in [5.74, 6) is -0.0660. The predicted octanol–water partition coefficient (Wildman–Crippen LogP) is 8.66. The van der Waals surface area contributed by atoms with E-state index in [-0.39, 0.29) is 11.6 Å². The molecule has 0 aliphatic heterocycles. The number of aryl methyl sites for hydroxylation is 5. The van der Waals surface area contributed by atoms with Gasteiger partial charge in [0.15, 0.2) is 0 Å². The fourth-order valence-corrected chi connectivity index (χ4v) is 4.43. The van der Waals surface area contributed by atoms with Crippen LogP contribution in [0.25, 0.3) is 10.8 Å². The van der Waals surface area contributed by atoms with Crippen LogP contribution in [0.1, 0.15) is 41.2 Å². The van der Waals surface area contributed by atoms with Gasteiger partial charge in [-0.2, -0.15) is 8.78 Å². The number of hydrogen-bond acceptors (Lipinski definition) is 1. The standard InChI is InChI=1S/C32H31F3O/c1-2-3-4-5-23-6-8-24(9-7-23)10-11-26-15-21-30-28(22-26)18-17-27(31(30)33)16-12-25-13-19-29(20-14-25)36-32(34)35/h2-3,6-9,13-15,17-22,32H,4-5,10-12,16H2,1H3/b3-2+. The molecule has 0 heterocycles. The first-order valence-electron chi connectivity index (χ1n) is 12.4. The molecule has 0 radical (unpaired) electrons. The zero-order valence-corrected chi connectivity index (χ0v) is 20.5. The van der Waals surface area contributed by atoms with E-state index in [0.29, 0.717) is 23.8 Å². The van der Waals surface area contributed by atoms with Gasteiger partial charge in [0.25, 0.3) is 0 Å². The van der Waals surface area contributed by atoms with Gasteiger partial charge in [-0.25, -0.2) is 4.39 Å². The summed E-state index contributed by atoms with van der Waals surface area (Å²) in [7, 11) is 0. The van der Waals surface area contributed by atoms with Gasteiger partial charge >= 0.3 is 6.61 Å². The van der Waals surface area contributed by atoms with Crippen molar-refractivity contribution in [1.82, 2.24) is 0 Å². The molecule has 0 fully saturated rings. The number of alkyl halides is 2. The SMILES string of the molecule is C/C=C/CCc1ccc(CCc2ccc3c(F)c(CCc4ccc(OC(F)F)cc4)ccc3c2)cc1. The van der Waals surface area contributed by atoms with Gasteiger partial charge in [0.1, 0.15) is 11.6 Å². The Hall–Kier alpha value is -3.53. The zero-order chi connectivity index (χ0) is 25.3. The lowest BCUT2D eigenvalue weighted by Gasteiger charge is -2.10. The van der Waals surface area contributed by atoms with Gasteiger partial charge in [-0.1, -0.05) is 78.9 Å². The first-order chi connectivity index (χ1) is 17.5. The van der Waals surface area contributed by atoms with Crippen molar-refractivity contribution < 1.29 is 17.9 Å². The molecule has 0 aliphatic rings. The molecule has 4 rings (SSSR count). The topological polar surface area (TPSA) is 9.23 Å². The molecule has 0 aliphatic carbocycles. The van der Waals surface area contributed by atoms with Crippen LogP contribution in [0.15, 0.2) is 91.0 Å². The van der Waals surface area contributed by atoms with E-state index >= 15 is 4.39 Å². The van der Waals surface area contributed by atoms with Gasteiger partial charge in [0, 0.05) is 5.39 Å². The van der Waals surface area contributed by atoms with Crippen molar-refractivity contribution in [1.29, 1.82) is 0 Å². The van der Waals surface area contributed by atoms with Gasteiger partial charge in [0.05, 0.1) is 0 Å². The average Bonchev–Trinajstić information content (AvgIpc) is 2.88. The Morgan fingerprint density at radius 1 is 0.694 bits per heavy atom. The van der Waals surface area contributed by atoms with E-state index in [0.717, 1.165) is 36.6 Å². The number of fused-ring (bicyclic) bond motifs is 1. The molecule has 0 atom stereocenters. The first kappa shape index (κ1) is 25.6. The second kappa shape index (κ2) is 12.4. The lowest BCUT2D eigenvalue weighted by Crippen LogP contribution is -2.02. The second-order valence-corrected chi connectivity index (χ2v) is 9.04. The van der Waals surface area contributed by atoms with Crippen molar-refractivity contribution in [3.8, 4) is 5.75 Å². The van der Waals surface area contributed by atoms with Crippen LogP contribution in [0, 0.1) is 5.82 Å². The summed E-state index contributed by atoms with van der Waals surface area (Å²) >= 11 is 0. The molecular weight excluding hydrogens is 457 g/mol. The second-order valence-electron chi connectivity index (χ2n) is 9.04. The molecule has 0 bridgehead atoms. The lowest BCUT2D eigenvalue weighted by atomic mass is 9.97. The summed E-state index contributed by atoms with van der Waals surface area (Å²) in [6, 6.07) is 25.1. The molecule has 1 nitrogen and oxygen atoms in total. The molecule has 0 N–H and O–H groups in total. The summed E-state index contributed by atoms with van der Waals surface area (Å²) in [6.45, 7) is -0.794. The van der Waals surface area contributed by atoms with Crippen LogP contribution in [0.3, 0.4) is 0 Å². The minimum Gasteiger partial charge on any atom is -0.435 e. The smallest absolute Gasteiger partial charge is 0.387 e. The number of halogens is 3. The maximum Gasteiger partial charge on any atom is 0.387 e. The van der Waals surface area contributed by atoms with E-state index < -0.39 is 6.61 Å². The largest absolute Gasteiger partial charge is 0.435 e. The monoisotopic (exact) mass is 488 g/mol. The summed E-state index contributed by atoms with van der Waals surface area (Å²) in [5.41, 5.74) is 5.44. The number of allylic oxidation sites excluding steroid dienone is 2. The summed E-state index contributed by atoms with van der Waals surface area (Å²) in [4.78, 5) is 0. The third-order valence-electron chi connectivity index (χ3n) is 6.49. The highest BCUT2D eigenvalue weighted by atomic mass is 19.3. The summed E-state index contributed by atoms with van der Waals surface area (Å²) in [6.07, 6.45) is 9.40. The third kappa shape index (κ3) is 7.00. The van der Waals surface area contributed by atoms with Crippen molar-refractivity contribution in [2.24, 2.45) is 0 Å². The predicted molar refractivity (Wildman–Crippen MR) is 141 cm³/mol. The van der Waals surface area contributed by atoms with Crippen LogP contribution >= 0.6 is 0 Å². The quantitative estimate of drug-likeness (QED) is 0.192. The van der Waals surface area contributed by atoms with Gasteiger partial charge in [-0.15, -0.1) is 0 Å². The van der Waals surface area contributed by atoms with E-state index in [1.807, 2.05) is 31.2 Å². The Morgan fingerprint density at radius 3 is 1.94 bits per heavy atom. The normalized spacial score (nSPS) is 11.6. The molecule has 0 amide bonds.